The zero-order valence-electron chi connectivity index (χ0n) is 7.90. The van der Waals surface area contributed by atoms with Crippen molar-refractivity contribution in [2.45, 2.75) is 25.3 Å². The summed E-state index contributed by atoms with van der Waals surface area (Å²) >= 11 is 0. The molecule has 0 radical (unpaired) electrons. The minimum absolute atomic E-state index is 0.177. The maximum absolute atomic E-state index is 5.50. The van der Waals surface area contributed by atoms with Crippen molar-refractivity contribution in [3.05, 3.63) is 5.82 Å². The Morgan fingerprint density at radius 2 is 1.79 bits per heavy atom. The van der Waals surface area contributed by atoms with Gasteiger partial charge in [0.15, 0.2) is 5.82 Å². The van der Waals surface area contributed by atoms with E-state index in [9.17, 15) is 0 Å². The number of piperidine rings is 1. The van der Waals surface area contributed by atoms with Gasteiger partial charge in [-0.25, -0.2) is 0 Å². The first-order valence-corrected chi connectivity index (χ1v) is 4.76. The fourth-order valence-electron chi connectivity index (χ4n) is 1.66. The van der Waals surface area contributed by atoms with E-state index in [1.54, 1.807) is 0 Å². The Bertz CT molecular complexity index is 299. The number of aromatic nitrogens is 3. The van der Waals surface area contributed by atoms with Crippen LogP contribution in [0, 0.1) is 0 Å². The highest BCUT2D eigenvalue weighted by Gasteiger charge is 2.18. The summed E-state index contributed by atoms with van der Waals surface area (Å²) in [4.78, 5) is 11.9. The van der Waals surface area contributed by atoms with Crippen LogP contribution in [0.1, 0.15) is 31.1 Å². The van der Waals surface area contributed by atoms with Crippen LogP contribution in [0.15, 0.2) is 0 Å². The SMILES string of the molecule is Nc1nc(N)nc([C@@H]2CCCCN2)n1. The number of hydrogen-bond donors (Lipinski definition) is 3. The van der Waals surface area contributed by atoms with Gasteiger partial charge >= 0.3 is 0 Å². The third kappa shape index (κ3) is 1.90. The Kier molecular flexibility index (Phi) is 2.45. The lowest BCUT2D eigenvalue weighted by molar-refractivity contribution is 0.397. The second-order valence-electron chi connectivity index (χ2n) is 3.41. The van der Waals surface area contributed by atoms with Crippen LogP contribution in [-0.4, -0.2) is 21.5 Å². The van der Waals surface area contributed by atoms with E-state index >= 15 is 0 Å². The summed E-state index contributed by atoms with van der Waals surface area (Å²) in [6, 6.07) is 0.177. The molecule has 1 fully saturated rings. The van der Waals surface area contributed by atoms with Crippen LogP contribution >= 0.6 is 0 Å². The van der Waals surface area contributed by atoms with Crippen molar-refractivity contribution in [3.63, 3.8) is 0 Å². The summed E-state index contributed by atoms with van der Waals surface area (Å²) in [5.41, 5.74) is 11.0. The average molecular weight is 194 g/mol. The highest BCUT2D eigenvalue weighted by molar-refractivity contribution is 5.26. The van der Waals surface area contributed by atoms with Gasteiger partial charge in [-0.1, -0.05) is 6.42 Å². The van der Waals surface area contributed by atoms with E-state index in [0.29, 0.717) is 5.82 Å². The van der Waals surface area contributed by atoms with Crippen molar-refractivity contribution in [2.24, 2.45) is 0 Å². The van der Waals surface area contributed by atoms with Gasteiger partial charge in [0.25, 0.3) is 0 Å². The predicted octanol–water partition coefficient (Wildman–Crippen LogP) is -0.149. The van der Waals surface area contributed by atoms with Gasteiger partial charge in [-0.15, -0.1) is 0 Å². The monoisotopic (exact) mass is 194 g/mol. The summed E-state index contributed by atoms with van der Waals surface area (Å²) < 4.78 is 0. The lowest BCUT2D eigenvalue weighted by atomic mass is 10.0. The molecule has 6 nitrogen and oxygen atoms in total. The number of nitrogens with zero attached hydrogens (tertiary/aromatic N) is 3. The Balaban J connectivity index is 2.21. The zero-order valence-corrected chi connectivity index (χ0v) is 7.90. The largest absolute Gasteiger partial charge is 0.368 e. The van der Waals surface area contributed by atoms with Gasteiger partial charge in [-0.2, -0.15) is 15.0 Å². The molecule has 0 spiro atoms. The fourth-order valence-corrected chi connectivity index (χ4v) is 1.66. The summed E-state index contributed by atoms with van der Waals surface area (Å²) in [6.07, 6.45) is 3.42. The summed E-state index contributed by atoms with van der Waals surface area (Å²) in [5, 5.41) is 3.33. The van der Waals surface area contributed by atoms with Gasteiger partial charge in [0.2, 0.25) is 11.9 Å². The fraction of sp³-hybridized carbons (Fsp3) is 0.625. The van der Waals surface area contributed by atoms with Crippen molar-refractivity contribution in [1.82, 2.24) is 20.3 Å². The third-order valence-electron chi connectivity index (χ3n) is 2.31. The van der Waals surface area contributed by atoms with Crippen molar-refractivity contribution in [2.75, 3.05) is 18.0 Å². The van der Waals surface area contributed by atoms with Gasteiger partial charge < -0.3 is 16.8 Å². The van der Waals surface area contributed by atoms with Gasteiger partial charge in [0, 0.05) is 0 Å². The van der Waals surface area contributed by atoms with Crippen LogP contribution in [-0.2, 0) is 0 Å². The second kappa shape index (κ2) is 3.75. The third-order valence-corrected chi connectivity index (χ3v) is 2.31. The van der Waals surface area contributed by atoms with E-state index < -0.39 is 0 Å². The molecular formula is C8H14N6. The lowest BCUT2D eigenvalue weighted by Crippen LogP contribution is -2.29. The molecule has 1 aliphatic rings. The maximum Gasteiger partial charge on any atom is 0.225 e. The predicted molar refractivity (Wildman–Crippen MR) is 53.2 cm³/mol. The summed E-state index contributed by atoms with van der Waals surface area (Å²) in [5.74, 6) is 1.05. The number of rotatable bonds is 1. The van der Waals surface area contributed by atoms with E-state index in [2.05, 4.69) is 20.3 Å². The van der Waals surface area contributed by atoms with Crippen LogP contribution in [0.5, 0.6) is 0 Å². The highest BCUT2D eigenvalue weighted by atomic mass is 15.2. The Hall–Kier alpha value is -1.43. The van der Waals surface area contributed by atoms with E-state index in [4.69, 9.17) is 11.5 Å². The van der Waals surface area contributed by atoms with Crippen molar-refractivity contribution >= 4 is 11.9 Å². The van der Waals surface area contributed by atoms with Gasteiger partial charge in [-0.05, 0) is 19.4 Å². The number of nitrogens with one attached hydrogen (secondary N) is 1. The first-order chi connectivity index (χ1) is 6.75. The minimum atomic E-state index is 0.177. The number of anilines is 2. The summed E-state index contributed by atoms with van der Waals surface area (Å²) in [6.45, 7) is 0.996. The molecule has 1 aromatic rings. The molecule has 6 heteroatoms. The van der Waals surface area contributed by atoms with Crippen molar-refractivity contribution in [3.8, 4) is 0 Å². The molecular weight excluding hydrogens is 180 g/mol. The molecule has 0 aliphatic carbocycles. The summed E-state index contributed by atoms with van der Waals surface area (Å²) in [7, 11) is 0. The molecule has 0 aromatic carbocycles. The molecule has 0 saturated carbocycles. The van der Waals surface area contributed by atoms with Crippen LogP contribution in [0.4, 0.5) is 11.9 Å². The number of nitrogen functional groups attached to an aromatic ring is 2. The maximum atomic E-state index is 5.50. The molecule has 5 N–H and O–H groups in total. The first-order valence-electron chi connectivity index (χ1n) is 4.76. The van der Waals surface area contributed by atoms with Crippen molar-refractivity contribution in [1.29, 1.82) is 0 Å². The van der Waals surface area contributed by atoms with Crippen LogP contribution in [0.25, 0.3) is 0 Å². The Morgan fingerprint density at radius 3 is 2.36 bits per heavy atom. The zero-order chi connectivity index (χ0) is 9.97. The highest BCUT2D eigenvalue weighted by Crippen LogP contribution is 2.20. The quantitative estimate of drug-likeness (QED) is 0.574. The Labute approximate surface area is 82.1 Å². The molecule has 1 saturated heterocycles. The molecule has 1 atom stereocenters. The molecule has 0 amide bonds. The van der Waals surface area contributed by atoms with Crippen LogP contribution < -0.4 is 16.8 Å². The second-order valence-corrected chi connectivity index (χ2v) is 3.41. The lowest BCUT2D eigenvalue weighted by Gasteiger charge is -2.21. The Morgan fingerprint density at radius 1 is 1.07 bits per heavy atom. The van der Waals surface area contributed by atoms with E-state index in [1.807, 2.05) is 0 Å². The van der Waals surface area contributed by atoms with Gasteiger partial charge in [0.05, 0.1) is 6.04 Å². The molecule has 0 bridgehead atoms. The van der Waals surface area contributed by atoms with E-state index in [-0.39, 0.29) is 17.9 Å². The first kappa shape index (κ1) is 9.14. The smallest absolute Gasteiger partial charge is 0.225 e. The molecule has 2 heterocycles. The molecule has 1 aliphatic heterocycles. The van der Waals surface area contributed by atoms with Crippen LogP contribution in [0.3, 0.4) is 0 Å². The molecule has 0 unspecified atom stereocenters. The van der Waals surface area contributed by atoms with Crippen LogP contribution in [0.2, 0.25) is 0 Å². The van der Waals surface area contributed by atoms with Gasteiger partial charge in [-0.3, -0.25) is 0 Å². The van der Waals surface area contributed by atoms with Gasteiger partial charge in [0.1, 0.15) is 0 Å². The number of nitrogens with two attached hydrogens (primary N) is 2. The molecule has 76 valence electrons. The normalized spacial score (nSPS) is 22.1. The topological polar surface area (TPSA) is 103 Å². The minimum Gasteiger partial charge on any atom is -0.368 e. The molecule has 1 aromatic heterocycles. The number of hydrogen-bond acceptors (Lipinski definition) is 6. The van der Waals surface area contributed by atoms with E-state index in [1.165, 1.54) is 12.8 Å². The van der Waals surface area contributed by atoms with Crippen molar-refractivity contribution < 1.29 is 0 Å². The van der Waals surface area contributed by atoms with E-state index in [0.717, 1.165) is 13.0 Å². The average Bonchev–Trinajstić information content (AvgIpc) is 2.18. The molecule has 2 rings (SSSR count). The molecule has 14 heavy (non-hydrogen) atoms. The standard InChI is InChI=1S/C8H14N6/c9-7-12-6(13-8(10)14-7)5-3-1-2-4-11-5/h5,11H,1-4H2,(H4,9,10,12,13,14)/t5-/m0/s1.